The van der Waals surface area contributed by atoms with Crippen molar-refractivity contribution in [3.8, 4) is 5.88 Å². The number of halogens is 1. The molecule has 0 unspecified atom stereocenters. The average molecular weight is 551 g/mol. The van der Waals surface area contributed by atoms with Crippen LogP contribution >= 0.6 is 35.3 Å². The molecule has 166 valence electrons. The minimum absolute atomic E-state index is 0. The van der Waals surface area contributed by atoms with Gasteiger partial charge in [-0.25, -0.2) is 15.0 Å². The van der Waals surface area contributed by atoms with Crippen LogP contribution in [-0.2, 0) is 19.7 Å². The number of aromatic nitrogens is 2. The van der Waals surface area contributed by atoms with Gasteiger partial charge in [-0.05, 0) is 24.5 Å². The molecule has 2 aromatic heterocycles. The van der Waals surface area contributed by atoms with E-state index in [2.05, 4.69) is 46.8 Å². The van der Waals surface area contributed by atoms with Crippen molar-refractivity contribution in [1.82, 2.24) is 20.6 Å². The van der Waals surface area contributed by atoms with E-state index in [4.69, 9.17) is 9.73 Å². The number of pyridine rings is 1. The van der Waals surface area contributed by atoms with Crippen molar-refractivity contribution in [2.75, 3.05) is 6.54 Å². The maximum atomic E-state index is 5.94. The van der Waals surface area contributed by atoms with Crippen molar-refractivity contribution >= 4 is 41.3 Å². The summed E-state index contributed by atoms with van der Waals surface area (Å²) >= 11 is 1.67. The molecule has 0 bridgehead atoms. The predicted molar refractivity (Wildman–Crippen MR) is 138 cm³/mol. The summed E-state index contributed by atoms with van der Waals surface area (Å²) < 4.78 is 5.94. The highest BCUT2D eigenvalue weighted by Gasteiger charge is 2.08. The lowest BCUT2D eigenvalue weighted by atomic mass is 10.2. The standard InChI is InChI=1S/C23H29N5OS.HI/c1-4-24-23(27-14-21-28-20(16-30-21)17(2)3)26-13-19-11-8-12-25-22(19)29-15-18-9-6-5-7-10-18;/h5-12,16-17H,4,13-15H2,1-3H3,(H2,24,26,27);1H. The molecule has 2 heterocycles. The monoisotopic (exact) mass is 551 g/mol. The highest BCUT2D eigenvalue weighted by Crippen LogP contribution is 2.18. The number of nitrogens with one attached hydrogen (secondary N) is 2. The fourth-order valence-electron chi connectivity index (χ4n) is 2.74. The Bertz CT molecular complexity index is 946. The van der Waals surface area contributed by atoms with Crippen LogP contribution in [0.25, 0.3) is 0 Å². The quantitative estimate of drug-likeness (QED) is 0.220. The van der Waals surface area contributed by atoms with Crippen molar-refractivity contribution in [1.29, 1.82) is 0 Å². The van der Waals surface area contributed by atoms with E-state index >= 15 is 0 Å². The van der Waals surface area contributed by atoms with Gasteiger partial charge in [-0.15, -0.1) is 35.3 Å². The molecule has 0 radical (unpaired) electrons. The van der Waals surface area contributed by atoms with Crippen LogP contribution in [0.4, 0.5) is 0 Å². The number of thiazole rings is 1. The molecule has 1 aromatic carbocycles. The highest BCUT2D eigenvalue weighted by molar-refractivity contribution is 14.0. The summed E-state index contributed by atoms with van der Waals surface area (Å²) in [6.07, 6.45) is 1.74. The summed E-state index contributed by atoms with van der Waals surface area (Å²) in [4.78, 5) is 13.8. The molecule has 0 saturated carbocycles. The van der Waals surface area contributed by atoms with E-state index in [-0.39, 0.29) is 24.0 Å². The number of hydrogen-bond donors (Lipinski definition) is 2. The molecule has 0 aliphatic rings. The van der Waals surface area contributed by atoms with Gasteiger partial charge in [0.05, 0.1) is 18.8 Å². The third-order valence-electron chi connectivity index (χ3n) is 4.39. The Kier molecular flexibility index (Phi) is 10.7. The summed E-state index contributed by atoms with van der Waals surface area (Å²) in [7, 11) is 0. The van der Waals surface area contributed by atoms with Gasteiger partial charge in [-0.3, -0.25) is 0 Å². The van der Waals surface area contributed by atoms with E-state index in [0.29, 0.717) is 31.5 Å². The second-order valence-electron chi connectivity index (χ2n) is 7.11. The third kappa shape index (κ3) is 8.10. The molecule has 0 aliphatic heterocycles. The van der Waals surface area contributed by atoms with Gasteiger partial charge in [-0.1, -0.05) is 50.2 Å². The Hall–Kier alpha value is -2.20. The van der Waals surface area contributed by atoms with E-state index in [1.165, 1.54) is 0 Å². The van der Waals surface area contributed by atoms with Gasteiger partial charge < -0.3 is 15.4 Å². The fraction of sp³-hybridized carbons (Fsp3) is 0.348. The Morgan fingerprint density at radius 3 is 2.65 bits per heavy atom. The van der Waals surface area contributed by atoms with Crippen LogP contribution in [0.2, 0.25) is 0 Å². The molecule has 3 rings (SSSR count). The molecule has 0 fully saturated rings. The molecule has 0 aliphatic carbocycles. The lowest BCUT2D eigenvalue weighted by molar-refractivity contribution is 0.290. The van der Waals surface area contributed by atoms with E-state index in [9.17, 15) is 0 Å². The number of benzene rings is 1. The lowest BCUT2D eigenvalue weighted by Gasteiger charge is -2.12. The number of hydrogen-bond acceptors (Lipinski definition) is 5. The second kappa shape index (κ2) is 13.3. The number of ether oxygens (including phenoxy) is 1. The van der Waals surface area contributed by atoms with Gasteiger partial charge in [0, 0.05) is 23.7 Å². The molecular weight excluding hydrogens is 521 g/mol. The van der Waals surface area contributed by atoms with Crippen molar-refractivity contribution in [3.63, 3.8) is 0 Å². The first-order chi connectivity index (χ1) is 14.7. The van der Waals surface area contributed by atoms with Gasteiger partial charge in [-0.2, -0.15) is 0 Å². The third-order valence-corrected chi connectivity index (χ3v) is 5.26. The summed E-state index contributed by atoms with van der Waals surface area (Å²) in [6, 6.07) is 14.0. The smallest absolute Gasteiger partial charge is 0.218 e. The molecule has 0 spiro atoms. The average Bonchev–Trinajstić information content (AvgIpc) is 3.25. The van der Waals surface area contributed by atoms with Crippen LogP contribution in [0.1, 0.15) is 48.5 Å². The topological polar surface area (TPSA) is 71.4 Å². The Morgan fingerprint density at radius 2 is 1.94 bits per heavy atom. The first kappa shape index (κ1) is 25.1. The molecule has 0 atom stereocenters. The molecule has 8 heteroatoms. The van der Waals surface area contributed by atoms with Gasteiger partial charge in [0.25, 0.3) is 0 Å². The fourth-order valence-corrected chi connectivity index (χ4v) is 3.63. The lowest BCUT2D eigenvalue weighted by Crippen LogP contribution is -2.36. The van der Waals surface area contributed by atoms with E-state index in [1.807, 2.05) is 42.5 Å². The Morgan fingerprint density at radius 1 is 1.13 bits per heavy atom. The number of aliphatic imine (C=N–C) groups is 1. The summed E-state index contributed by atoms with van der Waals surface area (Å²) in [5.74, 6) is 1.80. The largest absolute Gasteiger partial charge is 0.473 e. The molecular formula is C23H30IN5OS. The van der Waals surface area contributed by atoms with Crippen LogP contribution in [0.3, 0.4) is 0 Å². The summed E-state index contributed by atoms with van der Waals surface area (Å²) in [5, 5.41) is 9.82. The van der Waals surface area contributed by atoms with Gasteiger partial charge >= 0.3 is 0 Å². The first-order valence-electron chi connectivity index (χ1n) is 10.2. The zero-order valence-corrected chi connectivity index (χ0v) is 21.3. The van der Waals surface area contributed by atoms with Crippen LogP contribution in [-0.4, -0.2) is 22.5 Å². The maximum absolute atomic E-state index is 5.94. The Balaban J connectivity index is 0.00000341. The molecule has 2 N–H and O–H groups in total. The number of guanidine groups is 1. The summed E-state index contributed by atoms with van der Waals surface area (Å²) in [5.41, 5.74) is 3.19. The SMILES string of the molecule is CCNC(=NCc1cccnc1OCc1ccccc1)NCc1nc(C(C)C)cs1.I. The summed E-state index contributed by atoms with van der Waals surface area (Å²) in [6.45, 7) is 8.75. The van der Waals surface area contributed by atoms with E-state index < -0.39 is 0 Å². The molecule has 31 heavy (non-hydrogen) atoms. The first-order valence-corrected chi connectivity index (χ1v) is 11.1. The predicted octanol–water partition coefficient (Wildman–Crippen LogP) is 5.11. The van der Waals surface area contributed by atoms with Crippen LogP contribution in [0.15, 0.2) is 59.0 Å². The molecule has 6 nitrogen and oxygen atoms in total. The minimum atomic E-state index is 0. The second-order valence-corrected chi connectivity index (χ2v) is 8.05. The van der Waals surface area contributed by atoms with Gasteiger partial charge in [0.15, 0.2) is 5.96 Å². The number of rotatable bonds is 9. The van der Waals surface area contributed by atoms with Crippen molar-refractivity contribution in [3.05, 3.63) is 75.9 Å². The van der Waals surface area contributed by atoms with Crippen LogP contribution in [0, 0.1) is 0 Å². The van der Waals surface area contributed by atoms with Crippen molar-refractivity contribution in [2.45, 2.75) is 46.4 Å². The Labute approximate surface area is 205 Å². The van der Waals surface area contributed by atoms with Gasteiger partial charge in [0.1, 0.15) is 11.6 Å². The van der Waals surface area contributed by atoms with E-state index in [1.54, 1.807) is 17.5 Å². The number of nitrogens with zero attached hydrogens (tertiary/aromatic N) is 3. The van der Waals surface area contributed by atoms with Crippen molar-refractivity contribution < 1.29 is 4.74 Å². The zero-order valence-electron chi connectivity index (χ0n) is 18.2. The molecule has 0 amide bonds. The zero-order chi connectivity index (χ0) is 21.2. The van der Waals surface area contributed by atoms with Crippen LogP contribution < -0.4 is 15.4 Å². The van der Waals surface area contributed by atoms with E-state index in [0.717, 1.165) is 34.3 Å². The molecule has 0 saturated heterocycles. The van der Waals surface area contributed by atoms with Crippen LogP contribution in [0.5, 0.6) is 5.88 Å². The van der Waals surface area contributed by atoms with Crippen molar-refractivity contribution in [2.24, 2.45) is 4.99 Å². The molecule has 3 aromatic rings. The highest BCUT2D eigenvalue weighted by atomic mass is 127. The normalized spacial score (nSPS) is 11.2. The maximum Gasteiger partial charge on any atom is 0.218 e. The minimum Gasteiger partial charge on any atom is -0.473 e. The van der Waals surface area contributed by atoms with Gasteiger partial charge in [0.2, 0.25) is 5.88 Å².